The van der Waals surface area contributed by atoms with E-state index in [4.69, 9.17) is 4.52 Å². The van der Waals surface area contributed by atoms with Crippen LogP contribution in [0.2, 0.25) is 0 Å². The van der Waals surface area contributed by atoms with Gasteiger partial charge < -0.3 is 9.61 Å². The standard InChI is InChI=1S/C22H29INO2P/c1-16(2)21-14-9-17(3)15-22(21)26-27(25,20-7-5-4-6-8-20)24-19-12-10-18(23)11-13-19/h4-8,10-13,16-17,21-22H,9,14-15H2,1-3H3,(H,24,25)/t17-,21+,22-,27+/m1/s1. The van der Waals surface area contributed by atoms with Crippen molar-refractivity contribution in [2.75, 3.05) is 5.09 Å². The third-order valence-electron chi connectivity index (χ3n) is 5.46. The quantitative estimate of drug-likeness (QED) is 0.357. The lowest BCUT2D eigenvalue weighted by molar-refractivity contribution is 0.0506. The summed E-state index contributed by atoms with van der Waals surface area (Å²) < 4.78 is 21.7. The highest BCUT2D eigenvalue weighted by Gasteiger charge is 2.38. The summed E-state index contributed by atoms with van der Waals surface area (Å²) in [6.07, 6.45) is 3.34. The lowest BCUT2D eigenvalue weighted by Crippen LogP contribution is -2.35. The molecule has 1 fully saturated rings. The van der Waals surface area contributed by atoms with Crippen LogP contribution in [0.15, 0.2) is 54.6 Å². The van der Waals surface area contributed by atoms with Gasteiger partial charge in [0, 0.05) is 9.26 Å². The van der Waals surface area contributed by atoms with Gasteiger partial charge in [-0.3, -0.25) is 4.57 Å². The minimum Gasteiger partial charge on any atom is -0.312 e. The topological polar surface area (TPSA) is 38.3 Å². The van der Waals surface area contributed by atoms with Crippen LogP contribution in [0.25, 0.3) is 0 Å². The number of halogens is 1. The Morgan fingerprint density at radius 1 is 1.07 bits per heavy atom. The van der Waals surface area contributed by atoms with Crippen LogP contribution in [0.3, 0.4) is 0 Å². The number of hydrogen-bond donors (Lipinski definition) is 1. The Labute approximate surface area is 176 Å². The van der Waals surface area contributed by atoms with Crippen LogP contribution in [-0.2, 0) is 9.09 Å². The van der Waals surface area contributed by atoms with Crippen molar-refractivity contribution in [3.63, 3.8) is 0 Å². The van der Waals surface area contributed by atoms with Crippen molar-refractivity contribution in [3.05, 3.63) is 58.2 Å². The Balaban J connectivity index is 1.91. The predicted molar refractivity (Wildman–Crippen MR) is 123 cm³/mol. The average molecular weight is 497 g/mol. The zero-order valence-electron chi connectivity index (χ0n) is 16.3. The van der Waals surface area contributed by atoms with Gasteiger partial charge in [0.2, 0.25) is 0 Å². The Morgan fingerprint density at radius 3 is 2.37 bits per heavy atom. The van der Waals surface area contributed by atoms with Crippen molar-refractivity contribution in [3.8, 4) is 0 Å². The number of anilines is 1. The third-order valence-corrected chi connectivity index (χ3v) is 8.28. The van der Waals surface area contributed by atoms with Crippen molar-refractivity contribution in [2.45, 2.75) is 46.1 Å². The molecule has 0 amide bonds. The highest BCUT2D eigenvalue weighted by Crippen LogP contribution is 2.51. The fourth-order valence-corrected chi connectivity index (χ4v) is 6.24. The molecule has 2 aromatic carbocycles. The predicted octanol–water partition coefficient (Wildman–Crippen LogP) is 6.70. The number of hydrogen-bond acceptors (Lipinski definition) is 2. The Kier molecular flexibility index (Phi) is 7.04. The maximum absolute atomic E-state index is 14.1. The molecule has 5 heteroatoms. The van der Waals surface area contributed by atoms with E-state index in [0.717, 1.165) is 27.4 Å². The smallest absolute Gasteiger partial charge is 0.312 e. The number of nitrogens with one attached hydrogen (secondary N) is 1. The third kappa shape index (κ3) is 5.36. The monoisotopic (exact) mass is 497 g/mol. The van der Waals surface area contributed by atoms with Gasteiger partial charge in [0.15, 0.2) is 0 Å². The fourth-order valence-electron chi connectivity index (χ4n) is 3.90. The maximum Gasteiger partial charge on any atom is 0.324 e. The highest BCUT2D eigenvalue weighted by atomic mass is 127. The SMILES string of the molecule is CC(C)[C@@H]1CC[C@@H](C)C[C@H]1O[P@](=O)(Nc1ccc(I)cc1)c1ccccc1. The lowest BCUT2D eigenvalue weighted by atomic mass is 9.75. The number of benzene rings is 2. The lowest BCUT2D eigenvalue weighted by Gasteiger charge is -2.39. The van der Waals surface area contributed by atoms with E-state index in [1.54, 1.807) is 0 Å². The Hall–Kier alpha value is -0.840. The first-order valence-corrected chi connectivity index (χ1v) is 12.5. The van der Waals surface area contributed by atoms with Gasteiger partial charge in [-0.05, 0) is 89.6 Å². The Morgan fingerprint density at radius 2 is 1.74 bits per heavy atom. The molecular weight excluding hydrogens is 468 g/mol. The molecule has 0 spiro atoms. The maximum atomic E-state index is 14.1. The molecule has 1 N–H and O–H groups in total. The summed E-state index contributed by atoms with van der Waals surface area (Å²) in [7, 11) is -3.23. The van der Waals surface area contributed by atoms with E-state index in [-0.39, 0.29) is 6.10 Å². The summed E-state index contributed by atoms with van der Waals surface area (Å²) in [4.78, 5) is 0. The van der Waals surface area contributed by atoms with Gasteiger partial charge in [-0.25, -0.2) is 0 Å². The second-order valence-corrected chi connectivity index (χ2v) is 11.3. The van der Waals surface area contributed by atoms with E-state index in [2.05, 4.69) is 48.4 Å². The average Bonchev–Trinajstić information content (AvgIpc) is 2.64. The number of rotatable bonds is 6. The minimum absolute atomic E-state index is 0.0103. The van der Waals surface area contributed by atoms with Crippen molar-refractivity contribution in [2.24, 2.45) is 17.8 Å². The molecule has 0 aliphatic heterocycles. The van der Waals surface area contributed by atoms with Gasteiger partial charge in [-0.15, -0.1) is 0 Å². The summed E-state index contributed by atoms with van der Waals surface area (Å²) in [6, 6.07) is 17.5. The van der Waals surface area contributed by atoms with E-state index in [0.29, 0.717) is 17.8 Å². The fraction of sp³-hybridized carbons (Fsp3) is 0.455. The van der Waals surface area contributed by atoms with Crippen molar-refractivity contribution < 1.29 is 9.09 Å². The molecular formula is C22H29INO2P. The van der Waals surface area contributed by atoms with Crippen LogP contribution >= 0.6 is 30.1 Å². The van der Waals surface area contributed by atoms with Gasteiger partial charge in [0.1, 0.15) is 0 Å². The van der Waals surface area contributed by atoms with Crippen LogP contribution in [0.4, 0.5) is 5.69 Å². The molecule has 1 saturated carbocycles. The van der Waals surface area contributed by atoms with Crippen LogP contribution in [0.1, 0.15) is 40.0 Å². The van der Waals surface area contributed by atoms with Gasteiger partial charge in [-0.1, -0.05) is 45.4 Å². The molecule has 3 nitrogen and oxygen atoms in total. The summed E-state index contributed by atoms with van der Waals surface area (Å²) in [5, 5.41) is 3.98. The molecule has 3 rings (SSSR count). The normalized spacial score (nSPS) is 25.1. The molecule has 1 aliphatic carbocycles. The molecule has 1 aliphatic rings. The van der Waals surface area contributed by atoms with Crippen LogP contribution in [0, 0.1) is 21.3 Å². The van der Waals surface area contributed by atoms with E-state index >= 15 is 0 Å². The summed E-state index contributed by atoms with van der Waals surface area (Å²) in [5.74, 6) is 1.56. The van der Waals surface area contributed by atoms with Gasteiger partial charge in [0.05, 0.1) is 11.4 Å². The molecule has 0 saturated heterocycles. The molecule has 2 aromatic rings. The van der Waals surface area contributed by atoms with Gasteiger partial charge in [0.25, 0.3) is 0 Å². The second-order valence-electron chi connectivity index (χ2n) is 7.98. The first kappa shape index (κ1) is 20.9. The highest BCUT2D eigenvalue weighted by molar-refractivity contribution is 14.1. The first-order valence-electron chi connectivity index (χ1n) is 9.75. The molecule has 27 heavy (non-hydrogen) atoms. The van der Waals surface area contributed by atoms with Crippen molar-refractivity contribution in [1.29, 1.82) is 0 Å². The van der Waals surface area contributed by atoms with Crippen molar-refractivity contribution >= 4 is 41.1 Å². The van der Waals surface area contributed by atoms with Crippen molar-refractivity contribution in [1.82, 2.24) is 0 Å². The summed E-state index contributed by atoms with van der Waals surface area (Å²) in [6.45, 7) is 6.76. The largest absolute Gasteiger partial charge is 0.324 e. The zero-order valence-corrected chi connectivity index (χ0v) is 19.3. The minimum atomic E-state index is -3.23. The molecule has 4 atom stereocenters. The molecule has 0 radical (unpaired) electrons. The van der Waals surface area contributed by atoms with Crippen LogP contribution in [0.5, 0.6) is 0 Å². The molecule has 0 heterocycles. The Bertz CT molecular complexity index is 779. The van der Waals surface area contributed by atoms with Crippen LogP contribution in [-0.4, -0.2) is 6.10 Å². The first-order chi connectivity index (χ1) is 12.9. The summed E-state index contributed by atoms with van der Waals surface area (Å²) in [5.41, 5.74) is 0.826. The van der Waals surface area contributed by atoms with E-state index in [1.807, 2.05) is 54.6 Å². The van der Waals surface area contributed by atoms with Gasteiger partial charge in [-0.2, -0.15) is 0 Å². The van der Waals surface area contributed by atoms with Crippen LogP contribution < -0.4 is 10.4 Å². The van der Waals surface area contributed by atoms with E-state index in [9.17, 15) is 4.57 Å². The zero-order chi connectivity index (χ0) is 19.4. The van der Waals surface area contributed by atoms with E-state index in [1.165, 1.54) is 6.42 Å². The second kappa shape index (κ2) is 9.11. The van der Waals surface area contributed by atoms with E-state index < -0.39 is 7.52 Å². The summed E-state index contributed by atoms with van der Waals surface area (Å²) >= 11 is 2.27. The molecule has 0 unspecified atom stereocenters. The van der Waals surface area contributed by atoms with Gasteiger partial charge >= 0.3 is 7.52 Å². The molecule has 0 aromatic heterocycles. The molecule has 146 valence electrons. The molecule has 0 bridgehead atoms.